The summed E-state index contributed by atoms with van der Waals surface area (Å²) in [5.74, 6) is 0.344. The van der Waals surface area contributed by atoms with Gasteiger partial charge in [0.05, 0.1) is 17.7 Å². The smallest absolute Gasteiger partial charge is 0.410 e. The molecule has 7 nitrogen and oxygen atoms in total. The average Bonchev–Trinajstić information content (AvgIpc) is 3.54. The van der Waals surface area contributed by atoms with E-state index in [4.69, 9.17) is 25.8 Å². The van der Waals surface area contributed by atoms with Crippen LogP contribution in [-0.4, -0.2) is 59.9 Å². The molecule has 1 aromatic rings. The van der Waals surface area contributed by atoms with E-state index in [1.54, 1.807) is 15.9 Å². The summed E-state index contributed by atoms with van der Waals surface area (Å²) in [6.45, 7) is 8.63. The van der Waals surface area contributed by atoms with Gasteiger partial charge in [0.1, 0.15) is 23.8 Å². The predicted octanol–water partition coefficient (Wildman–Crippen LogP) is 5.24. The Balaban J connectivity index is 1.55. The molecule has 1 heterocycles. The Morgan fingerprint density at radius 1 is 1.19 bits per heavy atom. The lowest BCUT2D eigenvalue weighted by Crippen LogP contribution is -2.57. The number of piperazine rings is 1. The molecular weight excluding hydrogens is 439 g/mol. The average molecular weight is 471 g/mol. The molecule has 0 unspecified atom stereocenters. The molecule has 0 radical (unpaired) electrons. The Labute approximate surface area is 193 Å². The zero-order valence-electron chi connectivity index (χ0n) is 19.2. The number of hydrogen-bond donors (Lipinski definition) is 0. The molecular formula is C23H32ClFN2O5. The van der Waals surface area contributed by atoms with Gasteiger partial charge in [-0.15, -0.1) is 0 Å². The second-order valence-corrected chi connectivity index (χ2v) is 9.76. The lowest BCUT2D eigenvalue weighted by atomic mass is 10.1. The fourth-order valence-electron chi connectivity index (χ4n) is 3.45. The topological polar surface area (TPSA) is 68.3 Å². The quantitative estimate of drug-likeness (QED) is 0.569. The Morgan fingerprint density at radius 3 is 2.50 bits per heavy atom. The molecule has 9 heteroatoms. The maximum Gasteiger partial charge on any atom is 0.410 e. The third kappa shape index (κ3) is 6.64. The first kappa shape index (κ1) is 24.4. The third-order valence-corrected chi connectivity index (χ3v) is 5.81. The van der Waals surface area contributed by atoms with Crippen molar-refractivity contribution in [3.05, 3.63) is 28.5 Å². The molecule has 32 heavy (non-hydrogen) atoms. The number of benzene rings is 1. The van der Waals surface area contributed by atoms with Gasteiger partial charge in [-0.25, -0.2) is 14.0 Å². The number of carbonyl (C=O) groups excluding carboxylic acids is 2. The SMILES string of the molecule is CC[C@@H]1CN(C(=O)OC(C)(C)C)CCN1C(=O)OCc1c(F)cc(OCC2CC2)cc1Cl. The van der Waals surface area contributed by atoms with E-state index in [-0.39, 0.29) is 23.2 Å². The first-order chi connectivity index (χ1) is 15.1. The van der Waals surface area contributed by atoms with Gasteiger partial charge in [0.15, 0.2) is 0 Å². The van der Waals surface area contributed by atoms with Crippen LogP contribution >= 0.6 is 11.6 Å². The lowest BCUT2D eigenvalue weighted by molar-refractivity contribution is 0.000634. The van der Waals surface area contributed by atoms with Crippen LogP contribution in [0.4, 0.5) is 14.0 Å². The Bertz CT molecular complexity index is 817. The molecule has 178 valence electrons. The van der Waals surface area contributed by atoms with Crippen LogP contribution in [0.25, 0.3) is 0 Å². The second-order valence-electron chi connectivity index (χ2n) is 9.36. The Kier molecular flexibility index (Phi) is 7.75. The van der Waals surface area contributed by atoms with Gasteiger partial charge in [0.25, 0.3) is 0 Å². The van der Waals surface area contributed by atoms with E-state index in [9.17, 15) is 14.0 Å². The molecule has 0 aromatic heterocycles. The summed E-state index contributed by atoms with van der Waals surface area (Å²) in [5.41, 5.74) is -0.476. The minimum Gasteiger partial charge on any atom is -0.493 e. The van der Waals surface area contributed by atoms with Crippen molar-refractivity contribution in [2.24, 2.45) is 5.92 Å². The van der Waals surface area contributed by atoms with Gasteiger partial charge in [-0.3, -0.25) is 0 Å². The van der Waals surface area contributed by atoms with Crippen LogP contribution in [0.1, 0.15) is 52.5 Å². The first-order valence-electron chi connectivity index (χ1n) is 11.1. The number of nitrogens with zero attached hydrogens (tertiary/aromatic N) is 2. The summed E-state index contributed by atoms with van der Waals surface area (Å²) in [5, 5.41) is 0.158. The highest BCUT2D eigenvalue weighted by Gasteiger charge is 2.34. The highest BCUT2D eigenvalue weighted by Crippen LogP contribution is 2.32. The summed E-state index contributed by atoms with van der Waals surface area (Å²) >= 11 is 6.21. The van der Waals surface area contributed by atoms with Crippen LogP contribution in [0.15, 0.2) is 12.1 Å². The van der Waals surface area contributed by atoms with Gasteiger partial charge in [0, 0.05) is 31.3 Å². The van der Waals surface area contributed by atoms with Crippen molar-refractivity contribution in [2.45, 2.75) is 65.2 Å². The van der Waals surface area contributed by atoms with Crippen molar-refractivity contribution in [1.29, 1.82) is 0 Å². The van der Waals surface area contributed by atoms with Crippen molar-refractivity contribution in [3.8, 4) is 5.75 Å². The van der Waals surface area contributed by atoms with Crippen molar-refractivity contribution in [1.82, 2.24) is 9.80 Å². The minimum absolute atomic E-state index is 0.110. The molecule has 3 rings (SSSR count). The monoisotopic (exact) mass is 470 g/mol. The number of ether oxygens (including phenoxy) is 3. The molecule has 1 saturated heterocycles. The van der Waals surface area contributed by atoms with E-state index >= 15 is 0 Å². The van der Waals surface area contributed by atoms with Crippen LogP contribution in [0.2, 0.25) is 5.02 Å². The van der Waals surface area contributed by atoms with Crippen LogP contribution in [0.3, 0.4) is 0 Å². The fraction of sp³-hybridized carbons (Fsp3) is 0.652. The van der Waals surface area contributed by atoms with Gasteiger partial charge >= 0.3 is 12.2 Å². The minimum atomic E-state index is -0.587. The molecule has 1 aromatic carbocycles. The standard InChI is InChI=1S/C23H32ClFN2O5/c1-5-16-12-26(21(28)32-23(2,3)4)8-9-27(16)22(29)31-14-18-19(24)10-17(11-20(18)25)30-13-15-6-7-15/h10-11,15-16H,5-9,12-14H2,1-4H3/t16-/m1/s1. The molecule has 1 atom stereocenters. The van der Waals surface area contributed by atoms with Crippen LogP contribution in [-0.2, 0) is 16.1 Å². The first-order valence-corrected chi connectivity index (χ1v) is 11.5. The van der Waals surface area contributed by atoms with Crippen molar-refractivity contribution >= 4 is 23.8 Å². The molecule has 0 N–H and O–H groups in total. The lowest BCUT2D eigenvalue weighted by Gasteiger charge is -2.40. The van der Waals surface area contributed by atoms with Crippen molar-refractivity contribution < 1.29 is 28.2 Å². The summed E-state index contributed by atoms with van der Waals surface area (Å²) in [4.78, 5) is 28.2. The number of carbonyl (C=O) groups is 2. The Morgan fingerprint density at radius 2 is 1.91 bits per heavy atom. The van der Waals surface area contributed by atoms with Gasteiger partial charge in [-0.2, -0.15) is 0 Å². The van der Waals surface area contributed by atoms with E-state index in [1.165, 1.54) is 6.07 Å². The molecule has 0 spiro atoms. The molecule has 2 amide bonds. The molecule has 2 aliphatic rings. The van der Waals surface area contributed by atoms with E-state index in [0.717, 1.165) is 12.8 Å². The summed E-state index contributed by atoms with van der Waals surface area (Å²) in [6.07, 6.45) is 1.94. The second kappa shape index (κ2) is 10.1. The summed E-state index contributed by atoms with van der Waals surface area (Å²) < 4.78 is 30.9. The fourth-order valence-corrected chi connectivity index (χ4v) is 3.71. The van der Waals surface area contributed by atoms with Crippen LogP contribution < -0.4 is 4.74 Å². The molecule has 1 aliphatic carbocycles. The van der Waals surface area contributed by atoms with Gasteiger partial charge in [0.2, 0.25) is 0 Å². The molecule has 1 saturated carbocycles. The molecule has 2 fully saturated rings. The van der Waals surface area contributed by atoms with Crippen molar-refractivity contribution in [3.63, 3.8) is 0 Å². The summed E-state index contributed by atoms with van der Waals surface area (Å²) in [7, 11) is 0. The highest BCUT2D eigenvalue weighted by atomic mass is 35.5. The van der Waals surface area contributed by atoms with Gasteiger partial charge < -0.3 is 24.0 Å². The number of rotatable bonds is 6. The summed E-state index contributed by atoms with van der Waals surface area (Å²) in [6, 6.07) is 2.60. The van der Waals surface area contributed by atoms with Crippen molar-refractivity contribution in [2.75, 3.05) is 26.2 Å². The number of halogens is 2. The Hall–Kier alpha value is -2.22. The maximum atomic E-state index is 14.5. The van der Waals surface area contributed by atoms with Gasteiger partial charge in [-0.1, -0.05) is 18.5 Å². The maximum absolute atomic E-state index is 14.5. The van der Waals surface area contributed by atoms with E-state index in [2.05, 4.69) is 0 Å². The zero-order chi connectivity index (χ0) is 23.5. The predicted molar refractivity (Wildman–Crippen MR) is 118 cm³/mol. The van der Waals surface area contributed by atoms with Crippen LogP contribution in [0.5, 0.6) is 5.75 Å². The number of amides is 2. The third-order valence-electron chi connectivity index (χ3n) is 5.48. The van der Waals surface area contributed by atoms with Crippen LogP contribution in [0, 0.1) is 11.7 Å². The molecule has 1 aliphatic heterocycles. The normalized spacial score (nSPS) is 19.0. The van der Waals surface area contributed by atoms with E-state index < -0.39 is 23.6 Å². The molecule has 0 bridgehead atoms. The van der Waals surface area contributed by atoms with E-state index in [0.29, 0.717) is 44.3 Å². The van der Waals surface area contributed by atoms with Gasteiger partial charge in [-0.05, 0) is 52.0 Å². The largest absolute Gasteiger partial charge is 0.493 e. The highest BCUT2D eigenvalue weighted by molar-refractivity contribution is 6.31. The number of hydrogen-bond acceptors (Lipinski definition) is 5. The zero-order valence-corrected chi connectivity index (χ0v) is 19.9. The van der Waals surface area contributed by atoms with E-state index in [1.807, 2.05) is 27.7 Å².